The Balaban J connectivity index is 2.27. The summed E-state index contributed by atoms with van der Waals surface area (Å²) >= 11 is 3.28. The molecular weight excluding hydrogens is 443 g/mol. The summed E-state index contributed by atoms with van der Waals surface area (Å²) in [6.07, 6.45) is 0. The molecule has 2 aromatic carbocycles. The van der Waals surface area contributed by atoms with Gasteiger partial charge in [0.2, 0.25) is 0 Å². The predicted molar refractivity (Wildman–Crippen MR) is 101 cm³/mol. The molecule has 144 valence electrons. The predicted octanol–water partition coefficient (Wildman–Crippen LogP) is 4.07. The highest BCUT2D eigenvalue weighted by Gasteiger charge is 2.33. The van der Waals surface area contributed by atoms with Crippen LogP contribution in [0.1, 0.15) is 6.92 Å². The molecule has 0 saturated heterocycles. The Morgan fingerprint density at radius 1 is 1.11 bits per heavy atom. The number of carbonyl (C=O) groups is 1. The van der Waals surface area contributed by atoms with Crippen molar-refractivity contribution in [3.8, 4) is 11.5 Å². The lowest BCUT2D eigenvalue weighted by atomic mass is 10.3. The highest BCUT2D eigenvalue weighted by atomic mass is 79.9. The number of nitrogens with one attached hydrogen (secondary N) is 1. The maximum atomic E-state index is 13.2. The fourth-order valence-electron chi connectivity index (χ4n) is 1.94. The van der Waals surface area contributed by atoms with Crippen LogP contribution in [0.4, 0.5) is 5.69 Å². The van der Waals surface area contributed by atoms with Crippen molar-refractivity contribution < 1.29 is 28.1 Å². The Labute approximate surface area is 163 Å². The monoisotopic (exact) mass is 458 g/mol. The van der Waals surface area contributed by atoms with E-state index in [4.69, 9.17) is 9.05 Å². The molecule has 2 aromatic rings. The minimum Gasteiger partial charge on any atom is -0.468 e. The number of rotatable bonds is 8. The molecule has 0 fully saturated rings. The molecule has 11 heteroatoms. The van der Waals surface area contributed by atoms with E-state index in [1.165, 1.54) is 38.3 Å². The van der Waals surface area contributed by atoms with Crippen molar-refractivity contribution >= 4 is 35.3 Å². The number of esters is 1. The van der Waals surface area contributed by atoms with Crippen LogP contribution in [0.3, 0.4) is 0 Å². The number of hydrogen-bond donors (Lipinski definition) is 1. The van der Waals surface area contributed by atoms with Gasteiger partial charge < -0.3 is 13.8 Å². The summed E-state index contributed by atoms with van der Waals surface area (Å²) in [5.74, 6) is -0.374. The Morgan fingerprint density at radius 2 is 1.59 bits per heavy atom. The molecule has 0 heterocycles. The molecule has 27 heavy (non-hydrogen) atoms. The third-order valence-electron chi connectivity index (χ3n) is 3.22. The molecule has 2 rings (SSSR count). The lowest BCUT2D eigenvalue weighted by Gasteiger charge is -2.22. The smallest absolute Gasteiger partial charge is 0.468 e. The Kier molecular flexibility index (Phi) is 6.95. The number of carbonyl (C=O) groups excluding carboxylic acids is 1. The first kappa shape index (κ1) is 20.9. The van der Waals surface area contributed by atoms with Gasteiger partial charge in [-0.1, -0.05) is 15.9 Å². The molecule has 0 bridgehead atoms. The first-order chi connectivity index (χ1) is 12.7. The lowest BCUT2D eigenvalue weighted by Crippen LogP contribution is -2.35. The van der Waals surface area contributed by atoms with Gasteiger partial charge in [-0.2, -0.15) is 5.09 Å². The van der Waals surface area contributed by atoms with Crippen molar-refractivity contribution in [1.82, 2.24) is 5.09 Å². The molecule has 0 spiro atoms. The minimum absolute atomic E-state index is 0.0608. The van der Waals surface area contributed by atoms with Crippen molar-refractivity contribution in [2.75, 3.05) is 7.11 Å². The number of nitrogens with zero attached hydrogens (tertiary/aromatic N) is 1. The van der Waals surface area contributed by atoms with E-state index in [0.29, 0.717) is 0 Å². The van der Waals surface area contributed by atoms with E-state index in [1.807, 2.05) is 0 Å². The first-order valence-corrected chi connectivity index (χ1v) is 9.91. The topological polar surface area (TPSA) is 117 Å². The summed E-state index contributed by atoms with van der Waals surface area (Å²) in [7, 11) is -2.88. The zero-order valence-electron chi connectivity index (χ0n) is 14.3. The summed E-state index contributed by atoms with van der Waals surface area (Å²) in [5.41, 5.74) is -0.151. The molecule has 0 aromatic heterocycles. The van der Waals surface area contributed by atoms with Crippen LogP contribution in [0.15, 0.2) is 53.0 Å². The standard InChI is InChI=1S/C16H16BrN2O7P/c1-11(16(20)24-2)18-27(23,25-14-7-3-12(17)4-8-14)26-15-9-5-13(6-10-15)19(21)22/h3-11H,1-2H3,(H,18,23). The largest absolute Gasteiger partial charge is 0.513 e. The van der Waals surface area contributed by atoms with Crippen molar-refractivity contribution in [3.63, 3.8) is 0 Å². The molecular formula is C16H16BrN2O7P. The van der Waals surface area contributed by atoms with E-state index < -0.39 is 24.7 Å². The van der Waals surface area contributed by atoms with Gasteiger partial charge in [0.1, 0.15) is 17.5 Å². The zero-order valence-corrected chi connectivity index (χ0v) is 16.8. The van der Waals surface area contributed by atoms with Crippen LogP contribution < -0.4 is 14.1 Å². The van der Waals surface area contributed by atoms with Gasteiger partial charge in [0.25, 0.3) is 5.69 Å². The van der Waals surface area contributed by atoms with Crippen LogP contribution >= 0.6 is 23.7 Å². The Hall–Kier alpha value is -2.42. The van der Waals surface area contributed by atoms with Gasteiger partial charge in [-0.05, 0) is 43.3 Å². The van der Waals surface area contributed by atoms with E-state index >= 15 is 0 Å². The van der Waals surface area contributed by atoms with E-state index in [-0.39, 0.29) is 17.2 Å². The molecule has 2 unspecified atom stereocenters. The van der Waals surface area contributed by atoms with Crippen molar-refractivity contribution in [1.29, 1.82) is 0 Å². The van der Waals surface area contributed by atoms with Gasteiger partial charge in [-0.3, -0.25) is 14.9 Å². The average Bonchev–Trinajstić information content (AvgIpc) is 2.63. The van der Waals surface area contributed by atoms with Crippen molar-refractivity contribution in [3.05, 3.63) is 63.1 Å². The SMILES string of the molecule is COC(=O)C(C)NP(=O)(Oc1ccc(Br)cc1)Oc1ccc([N+](=O)[O-])cc1. The lowest BCUT2D eigenvalue weighted by molar-refractivity contribution is -0.384. The third-order valence-corrected chi connectivity index (χ3v) is 5.35. The van der Waals surface area contributed by atoms with E-state index in [9.17, 15) is 19.5 Å². The number of hydrogen-bond acceptors (Lipinski definition) is 7. The average molecular weight is 459 g/mol. The number of nitro benzene ring substituents is 1. The second-order valence-electron chi connectivity index (χ2n) is 5.26. The quantitative estimate of drug-likeness (QED) is 0.272. The number of benzene rings is 2. The maximum Gasteiger partial charge on any atom is 0.513 e. The molecule has 0 radical (unpaired) electrons. The third kappa shape index (κ3) is 6.06. The number of nitro groups is 1. The van der Waals surface area contributed by atoms with Crippen LogP contribution in [0, 0.1) is 10.1 Å². The maximum absolute atomic E-state index is 13.2. The fraction of sp³-hybridized carbons (Fsp3) is 0.188. The van der Waals surface area contributed by atoms with Crippen LogP contribution in [0.25, 0.3) is 0 Å². The molecule has 0 amide bonds. The van der Waals surface area contributed by atoms with Gasteiger partial charge in [-0.25, -0.2) is 4.57 Å². The van der Waals surface area contributed by atoms with Crippen LogP contribution in [-0.2, 0) is 14.1 Å². The van der Waals surface area contributed by atoms with E-state index in [1.54, 1.807) is 24.3 Å². The highest BCUT2D eigenvalue weighted by Crippen LogP contribution is 2.45. The second-order valence-corrected chi connectivity index (χ2v) is 7.79. The number of non-ortho nitro benzene ring substituents is 1. The number of ether oxygens (including phenoxy) is 1. The Bertz CT molecular complexity index is 858. The highest BCUT2D eigenvalue weighted by molar-refractivity contribution is 9.10. The Morgan fingerprint density at radius 3 is 2.04 bits per heavy atom. The normalized spacial score (nSPS) is 13.9. The molecule has 0 aliphatic rings. The first-order valence-electron chi connectivity index (χ1n) is 7.57. The molecule has 0 aliphatic heterocycles. The molecule has 0 aliphatic carbocycles. The molecule has 2 atom stereocenters. The van der Waals surface area contributed by atoms with Crippen LogP contribution in [0.2, 0.25) is 0 Å². The van der Waals surface area contributed by atoms with Gasteiger partial charge in [0, 0.05) is 16.6 Å². The number of halogens is 1. The van der Waals surface area contributed by atoms with Crippen LogP contribution in [0.5, 0.6) is 11.5 Å². The zero-order chi connectivity index (χ0) is 20.0. The van der Waals surface area contributed by atoms with E-state index in [2.05, 4.69) is 25.8 Å². The summed E-state index contributed by atoms with van der Waals surface area (Å²) in [6, 6.07) is 10.4. The summed E-state index contributed by atoms with van der Waals surface area (Å²) in [5, 5.41) is 13.2. The number of methoxy groups -OCH3 is 1. The molecule has 9 nitrogen and oxygen atoms in total. The summed E-state index contributed by atoms with van der Waals surface area (Å²) < 4.78 is 29.4. The van der Waals surface area contributed by atoms with Gasteiger partial charge >= 0.3 is 13.7 Å². The van der Waals surface area contributed by atoms with E-state index in [0.717, 1.165) is 4.47 Å². The minimum atomic E-state index is -4.08. The van der Waals surface area contributed by atoms with Crippen molar-refractivity contribution in [2.45, 2.75) is 13.0 Å². The second kappa shape index (κ2) is 8.98. The van der Waals surface area contributed by atoms with Gasteiger partial charge in [0.05, 0.1) is 12.0 Å². The molecule has 1 N–H and O–H groups in total. The summed E-state index contributed by atoms with van der Waals surface area (Å²) in [6.45, 7) is 1.43. The van der Waals surface area contributed by atoms with Crippen molar-refractivity contribution in [2.24, 2.45) is 0 Å². The summed E-state index contributed by atoms with van der Waals surface area (Å²) in [4.78, 5) is 21.8. The molecule has 0 saturated carbocycles. The fourth-order valence-corrected chi connectivity index (χ4v) is 3.72. The van der Waals surface area contributed by atoms with Crippen LogP contribution in [-0.4, -0.2) is 24.0 Å². The van der Waals surface area contributed by atoms with Gasteiger partial charge in [0.15, 0.2) is 0 Å². The van der Waals surface area contributed by atoms with Gasteiger partial charge in [-0.15, -0.1) is 0 Å².